The number of amides is 1. The summed E-state index contributed by atoms with van der Waals surface area (Å²) in [6, 6.07) is 4.31. The minimum atomic E-state index is -4.39. The third-order valence-electron chi connectivity index (χ3n) is 3.51. The minimum absolute atomic E-state index is 0.244. The average Bonchev–Trinajstić information content (AvgIpc) is 2.57. The molecule has 0 aliphatic carbocycles. The summed E-state index contributed by atoms with van der Waals surface area (Å²) in [6.45, 7) is 1.81. The first kappa shape index (κ1) is 21.3. The molecule has 1 amide bonds. The highest BCUT2D eigenvalue weighted by Gasteiger charge is 2.45. The van der Waals surface area contributed by atoms with E-state index in [1.54, 1.807) is 0 Å². The number of carbonyl (C=O) groups is 2. The molecule has 0 atom stereocenters. The lowest BCUT2D eigenvalue weighted by Crippen LogP contribution is -2.31. The van der Waals surface area contributed by atoms with Crippen LogP contribution in [-0.4, -0.2) is 38.8 Å². The monoisotopic (exact) mass is 374 g/mol. The van der Waals surface area contributed by atoms with Gasteiger partial charge < -0.3 is 20.1 Å². The number of hydrogen-bond acceptors (Lipinski definition) is 5. The number of hydrogen-bond donors (Lipinski definition) is 2. The highest BCUT2D eigenvalue weighted by Crippen LogP contribution is 2.38. The topological polar surface area (TPSA) is 76.7 Å². The van der Waals surface area contributed by atoms with E-state index in [-0.39, 0.29) is 17.9 Å². The van der Waals surface area contributed by atoms with Crippen LogP contribution < -0.4 is 15.4 Å². The van der Waals surface area contributed by atoms with Gasteiger partial charge in [0, 0.05) is 0 Å². The number of nitrogens with one attached hydrogen (secondary N) is 2. The molecule has 0 unspecified atom stereocenters. The van der Waals surface area contributed by atoms with E-state index in [0.29, 0.717) is 5.69 Å². The number of carbonyl (C=O) groups excluding carboxylic acids is 2. The smallest absolute Gasteiger partial charge is 0.397 e. The van der Waals surface area contributed by atoms with E-state index in [2.05, 4.69) is 15.4 Å². The third-order valence-corrected chi connectivity index (χ3v) is 3.51. The zero-order chi connectivity index (χ0) is 20.0. The largest absolute Gasteiger partial charge is 0.495 e. The fourth-order valence-corrected chi connectivity index (χ4v) is 1.75. The van der Waals surface area contributed by atoms with Crippen LogP contribution in [0.25, 0.3) is 0 Å². The maximum atomic E-state index is 12.7. The molecule has 0 aliphatic rings. The molecule has 1 aromatic carbocycles. The van der Waals surface area contributed by atoms with Crippen LogP contribution in [0, 0.1) is 5.41 Å². The van der Waals surface area contributed by atoms with E-state index < -0.39 is 23.5 Å². The lowest BCUT2D eigenvalue weighted by atomic mass is 9.93. The molecule has 6 nitrogen and oxygen atoms in total. The number of alkyl halides is 3. The maximum Gasteiger partial charge on any atom is 0.397 e. The average molecular weight is 374 g/mol. The predicted octanol–water partition coefficient (Wildman–Crippen LogP) is 3.11. The molecule has 0 saturated heterocycles. The van der Waals surface area contributed by atoms with Crippen molar-refractivity contribution in [2.24, 2.45) is 5.41 Å². The summed E-state index contributed by atoms with van der Waals surface area (Å²) in [4.78, 5) is 23.4. The Kier molecular flexibility index (Phi) is 7.05. The van der Waals surface area contributed by atoms with Crippen LogP contribution in [0.15, 0.2) is 30.5 Å². The van der Waals surface area contributed by atoms with Crippen LogP contribution in [0.1, 0.15) is 24.2 Å². The molecular formula is C17H21F3N2O4. The SMILES string of the molecule is COC(=O)c1ccc(NC(=O)CN/C=C/C(C)(C)C(F)(F)F)c(OC)c1. The number of benzene rings is 1. The summed E-state index contributed by atoms with van der Waals surface area (Å²) in [6.07, 6.45) is -2.36. The summed E-state index contributed by atoms with van der Waals surface area (Å²) >= 11 is 0. The molecule has 0 aliphatic heterocycles. The van der Waals surface area contributed by atoms with Crippen molar-refractivity contribution < 1.29 is 32.2 Å². The number of rotatable bonds is 7. The van der Waals surface area contributed by atoms with E-state index in [1.807, 2.05) is 0 Å². The molecular weight excluding hydrogens is 353 g/mol. The van der Waals surface area contributed by atoms with Gasteiger partial charge in [0.15, 0.2) is 0 Å². The maximum absolute atomic E-state index is 12.7. The molecule has 0 aromatic heterocycles. The van der Waals surface area contributed by atoms with Crippen molar-refractivity contribution in [1.29, 1.82) is 0 Å². The summed E-state index contributed by atoms with van der Waals surface area (Å²) in [5, 5.41) is 5.04. The summed E-state index contributed by atoms with van der Waals surface area (Å²) in [7, 11) is 2.61. The molecule has 9 heteroatoms. The zero-order valence-corrected chi connectivity index (χ0v) is 14.9. The van der Waals surface area contributed by atoms with E-state index in [9.17, 15) is 22.8 Å². The van der Waals surface area contributed by atoms with Gasteiger partial charge in [0.1, 0.15) is 5.75 Å². The van der Waals surface area contributed by atoms with Crippen molar-refractivity contribution in [3.05, 3.63) is 36.0 Å². The van der Waals surface area contributed by atoms with E-state index >= 15 is 0 Å². The summed E-state index contributed by atoms with van der Waals surface area (Å²) < 4.78 is 47.8. The van der Waals surface area contributed by atoms with Gasteiger partial charge in [0.05, 0.1) is 37.4 Å². The second-order valence-electron chi connectivity index (χ2n) is 5.89. The lowest BCUT2D eigenvalue weighted by molar-refractivity contribution is -0.193. The Labute approximate surface area is 149 Å². The first-order chi connectivity index (χ1) is 12.0. The van der Waals surface area contributed by atoms with Crippen molar-refractivity contribution >= 4 is 17.6 Å². The number of halogens is 3. The van der Waals surface area contributed by atoms with Crippen LogP contribution in [0.5, 0.6) is 5.75 Å². The van der Waals surface area contributed by atoms with Crippen molar-refractivity contribution in [3.63, 3.8) is 0 Å². The van der Waals surface area contributed by atoms with Crippen LogP contribution in [-0.2, 0) is 9.53 Å². The molecule has 2 N–H and O–H groups in total. The molecule has 1 rings (SSSR count). The van der Waals surface area contributed by atoms with Gasteiger partial charge in [-0.15, -0.1) is 0 Å². The predicted molar refractivity (Wildman–Crippen MR) is 89.9 cm³/mol. The molecule has 0 radical (unpaired) electrons. The van der Waals surface area contributed by atoms with Gasteiger partial charge in [-0.05, 0) is 38.2 Å². The van der Waals surface area contributed by atoms with Crippen molar-refractivity contribution in [3.8, 4) is 5.75 Å². The lowest BCUT2D eigenvalue weighted by Gasteiger charge is -2.23. The molecule has 0 spiro atoms. The molecule has 0 saturated carbocycles. The van der Waals surface area contributed by atoms with Gasteiger partial charge in [-0.3, -0.25) is 4.79 Å². The Morgan fingerprint density at radius 1 is 1.19 bits per heavy atom. The van der Waals surface area contributed by atoms with Crippen LogP contribution >= 0.6 is 0 Å². The Hall–Kier alpha value is -2.71. The van der Waals surface area contributed by atoms with E-state index in [1.165, 1.54) is 32.4 Å². The Bertz CT molecular complexity index is 685. The molecule has 26 heavy (non-hydrogen) atoms. The minimum Gasteiger partial charge on any atom is -0.495 e. The van der Waals surface area contributed by atoms with Gasteiger partial charge in [-0.25, -0.2) is 4.79 Å². The van der Waals surface area contributed by atoms with Crippen molar-refractivity contribution in [2.75, 3.05) is 26.1 Å². The molecule has 0 bridgehead atoms. The Morgan fingerprint density at radius 2 is 1.85 bits per heavy atom. The van der Waals surface area contributed by atoms with Crippen LogP contribution in [0.2, 0.25) is 0 Å². The van der Waals surface area contributed by atoms with Crippen LogP contribution in [0.4, 0.5) is 18.9 Å². The summed E-state index contributed by atoms with van der Waals surface area (Å²) in [5.41, 5.74) is -1.45. The molecule has 0 heterocycles. The van der Waals surface area contributed by atoms with Gasteiger partial charge in [-0.1, -0.05) is 6.08 Å². The fourth-order valence-electron chi connectivity index (χ4n) is 1.75. The third kappa shape index (κ3) is 5.68. The van der Waals surface area contributed by atoms with E-state index in [4.69, 9.17) is 4.74 Å². The molecule has 1 aromatic rings. The number of methoxy groups -OCH3 is 2. The number of ether oxygens (including phenoxy) is 2. The number of anilines is 1. The zero-order valence-electron chi connectivity index (χ0n) is 14.9. The standard InChI is InChI=1S/C17H21F3N2O4/c1-16(2,17(18,19)20)7-8-21-10-14(23)22-12-6-5-11(15(24)26-4)9-13(12)25-3/h5-9,21H,10H2,1-4H3,(H,22,23)/b8-7+. The Morgan fingerprint density at radius 3 is 2.38 bits per heavy atom. The number of esters is 1. The normalized spacial score (nSPS) is 12.0. The van der Waals surface area contributed by atoms with Gasteiger partial charge >= 0.3 is 12.1 Å². The van der Waals surface area contributed by atoms with E-state index in [0.717, 1.165) is 26.1 Å². The highest BCUT2D eigenvalue weighted by molar-refractivity contribution is 5.96. The second-order valence-corrected chi connectivity index (χ2v) is 5.89. The first-order valence-corrected chi connectivity index (χ1v) is 7.56. The van der Waals surface area contributed by atoms with Crippen molar-refractivity contribution in [2.45, 2.75) is 20.0 Å². The molecule has 0 fully saturated rings. The van der Waals surface area contributed by atoms with Gasteiger partial charge in [0.2, 0.25) is 5.91 Å². The Balaban J connectivity index is 2.67. The highest BCUT2D eigenvalue weighted by atomic mass is 19.4. The quantitative estimate of drug-likeness (QED) is 0.717. The first-order valence-electron chi connectivity index (χ1n) is 7.56. The fraction of sp³-hybridized carbons (Fsp3) is 0.412. The summed E-state index contributed by atoms with van der Waals surface area (Å²) in [5.74, 6) is -0.807. The second kappa shape index (κ2) is 8.59. The number of allylic oxidation sites excluding steroid dienone is 1. The van der Waals surface area contributed by atoms with Gasteiger partial charge in [-0.2, -0.15) is 13.2 Å². The van der Waals surface area contributed by atoms with Crippen molar-refractivity contribution in [1.82, 2.24) is 5.32 Å². The van der Waals surface area contributed by atoms with Crippen LogP contribution in [0.3, 0.4) is 0 Å². The molecule has 144 valence electrons. The van der Waals surface area contributed by atoms with Gasteiger partial charge in [0.25, 0.3) is 0 Å².